The molecule has 1 N–H and O–H groups in total. The van der Waals surface area contributed by atoms with Crippen LogP contribution in [0.4, 0.5) is 8.78 Å². The van der Waals surface area contributed by atoms with Gasteiger partial charge in [-0.3, -0.25) is 0 Å². The smallest absolute Gasteiger partial charge is 0.194 e. The predicted molar refractivity (Wildman–Crippen MR) is 73.7 cm³/mol. The summed E-state index contributed by atoms with van der Waals surface area (Å²) in [5.74, 6) is -3.23. The highest BCUT2D eigenvalue weighted by Crippen LogP contribution is 2.25. The summed E-state index contributed by atoms with van der Waals surface area (Å²) in [4.78, 5) is 3.31. The fraction of sp³-hybridized carbons (Fsp3) is 0. The van der Waals surface area contributed by atoms with Gasteiger partial charge in [0.1, 0.15) is 0 Å². The number of phenols is 1. The molecule has 102 valence electrons. The van der Waals surface area contributed by atoms with E-state index in [2.05, 4.69) is 4.85 Å². The molecule has 0 aliphatic rings. The van der Waals surface area contributed by atoms with Gasteiger partial charge in [0.25, 0.3) is 0 Å². The van der Waals surface area contributed by atoms with Gasteiger partial charge in [-0.25, -0.2) is 13.6 Å². The van der Waals surface area contributed by atoms with Crippen molar-refractivity contribution >= 4 is 11.8 Å². The first-order valence-electron chi connectivity index (χ1n) is 5.83. The second-order valence-corrected chi connectivity index (χ2v) is 4.16. The largest absolute Gasteiger partial charge is 0.503 e. The van der Waals surface area contributed by atoms with E-state index < -0.39 is 17.4 Å². The lowest BCUT2D eigenvalue weighted by Gasteiger charge is -2.02. The highest BCUT2D eigenvalue weighted by molar-refractivity contribution is 5.85. The fourth-order valence-electron chi connectivity index (χ4n) is 1.72. The Balaban J connectivity index is 2.46. The molecule has 0 aromatic heterocycles. The standard InChI is InChI=1S/C16H8F2N2O/c1-20-15(12-4-2-10(9-19)3-5-12)8-11-6-13(17)16(21)14(18)7-11/h2-8,21H/b15-8-. The molecule has 0 heterocycles. The van der Waals surface area contributed by atoms with Gasteiger partial charge >= 0.3 is 0 Å². The topological polar surface area (TPSA) is 48.4 Å². The third-order valence-corrected chi connectivity index (χ3v) is 2.77. The van der Waals surface area contributed by atoms with Crippen LogP contribution in [0.25, 0.3) is 16.6 Å². The number of rotatable bonds is 2. The van der Waals surface area contributed by atoms with E-state index >= 15 is 0 Å². The van der Waals surface area contributed by atoms with Crippen LogP contribution in [-0.2, 0) is 0 Å². The summed E-state index contributed by atoms with van der Waals surface area (Å²) in [6, 6.07) is 10.1. The maximum absolute atomic E-state index is 13.3. The molecule has 2 aromatic carbocycles. The minimum absolute atomic E-state index is 0.123. The van der Waals surface area contributed by atoms with Crippen LogP contribution in [0, 0.1) is 29.5 Å². The number of hydrogen-bond donors (Lipinski definition) is 1. The zero-order valence-corrected chi connectivity index (χ0v) is 10.6. The van der Waals surface area contributed by atoms with E-state index in [4.69, 9.17) is 16.9 Å². The van der Waals surface area contributed by atoms with Crippen molar-refractivity contribution < 1.29 is 13.9 Å². The summed E-state index contributed by atoms with van der Waals surface area (Å²) in [5, 5.41) is 17.7. The predicted octanol–water partition coefficient (Wildman–Crippen LogP) is 3.96. The lowest BCUT2D eigenvalue weighted by molar-refractivity contribution is 0.396. The Labute approximate surface area is 119 Å². The SMILES string of the molecule is [C-]#[N+]/C(=C\c1cc(F)c(O)c(F)c1)c1ccc(C#N)cc1. The molecule has 0 amide bonds. The Kier molecular flexibility index (Phi) is 3.97. The first-order valence-corrected chi connectivity index (χ1v) is 5.83. The highest BCUT2D eigenvalue weighted by atomic mass is 19.1. The van der Waals surface area contributed by atoms with E-state index in [9.17, 15) is 8.78 Å². The molecule has 0 saturated heterocycles. The Morgan fingerprint density at radius 1 is 1.19 bits per heavy atom. The van der Waals surface area contributed by atoms with E-state index in [0.29, 0.717) is 11.1 Å². The van der Waals surface area contributed by atoms with E-state index in [-0.39, 0.29) is 11.3 Å². The Bertz CT molecular complexity index is 774. The van der Waals surface area contributed by atoms with Crippen molar-refractivity contribution in [2.45, 2.75) is 0 Å². The van der Waals surface area contributed by atoms with Crippen LogP contribution < -0.4 is 0 Å². The summed E-state index contributed by atoms with van der Waals surface area (Å²) >= 11 is 0. The molecular formula is C16H8F2N2O. The van der Waals surface area contributed by atoms with Gasteiger partial charge in [-0.2, -0.15) is 5.26 Å². The van der Waals surface area contributed by atoms with Crippen molar-refractivity contribution in [2.75, 3.05) is 0 Å². The van der Waals surface area contributed by atoms with Crippen LogP contribution in [0.15, 0.2) is 36.4 Å². The summed E-state index contributed by atoms with van der Waals surface area (Å²) in [6.45, 7) is 7.15. The van der Waals surface area contributed by atoms with Crippen molar-refractivity contribution in [3.05, 3.63) is 76.1 Å². The monoisotopic (exact) mass is 282 g/mol. The van der Waals surface area contributed by atoms with Crippen molar-refractivity contribution in [3.63, 3.8) is 0 Å². The molecule has 0 aliphatic heterocycles. The molecule has 0 spiro atoms. The van der Waals surface area contributed by atoms with Crippen LogP contribution in [0.1, 0.15) is 16.7 Å². The molecule has 2 rings (SSSR count). The number of halogens is 2. The lowest BCUT2D eigenvalue weighted by atomic mass is 10.1. The second-order valence-electron chi connectivity index (χ2n) is 4.16. The lowest BCUT2D eigenvalue weighted by Crippen LogP contribution is -1.86. The number of phenolic OH excluding ortho intramolecular Hbond substituents is 1. The molecule has 2 aromatic rings. The van der Waals surface area contributed by atoms with Gasteiger partial charge in [0.15, 0.2) is 23.1 Å². The summed E-state index contributed by atoms with van der Waals surface area (Å²) in [5.41, 5.74) is 1.27. The van der Waals surface area contributed by atoms with Gasteiger partial charge in [-0.05, 0) is 41.5 Å². The maximum atomic E-state index is 13.3. The molecule has 0 radical (unpaired) electrons. The maximum Gasteiger partial charge on any atom is 0.194 e. The van der Waals surface area contributed by atoms with E-state index in [1.54, 1.807) is 24.3 Å². The summed E-state index contributed by atoms with van der Waals surface area (Å²) < 4.78 is 26.5. The molecule has 5 heteroatoms. The van der Waals surface area contributed by atoms with E-state index in [0.717, 1.165) is 12.1 Å². The zero-order valence-electron chi connectivity index (χ0n) is 10.6. The fourth-order valence-corrected chi connectivity index (χ4v) is 1.72. The molecular weight excluding hydrogens is 274 g/mol. The van der Waals surface area contributed by atoms with Gasteiger partial charge in [-0.1, -0.05) is 12.1 Å². The summed E-state index contributed by atoms with van der Waals surface area (Å²) in [6.07, 6.45) is 1.31. The van der Waals surface area contributed by atoms with E-state index in [1.165, 1.54) is 6.08 Å². The third-order valence-electron chi connectivity index (χ3n) is 2.77. The highest BCUT2D eigenvalue weighted by Gasteiger charge is 2.09. The molecule has 0 unspecified atom stereocenters. The Morgan fingerprint density at radius 2 is 1.76 bits per heavy atom. The molecule has 0 bridgehead atoms. The van der Waals surface area contributed by atoms with Crippen LogP contribution in [-0.4, -0.2) is 5.11 Å². The van der Waals surface area contributed by atoms with Crippen LogP contribution in [0.5, 0.6) is 5.75 Å². The average molecular weight is 282 g/mol. The minimum Gasteiger partial charge on any atom is -0.503 e. The van der Waals surface area contributed by atoms with Crippen molar-refractivity contribution in [2.24, 2.45) is 0 Å². The molecule has 3 nitrogen and oxygen atoms in total. The average Bonchev–Trinajstić information content (AvgIpc) is 2.50. The van der Waals surface area contributed by atoms with Crippen LogP contribution in [0.3, 0.4) is 0 Å². The van der Waals surface area contributed by atoms with Gasteiger partial charge in [0.2, 0.25) is 0 Å². The zero-order chi connectivity index (χ0) is 15.4. The van der Waals surface area contributed by atoms with Crippen molar-refractivity contribution in [3.8, 4) is 11.8 Å². The van der Waals surface area contributed by atoms with Crippen molar-refractivity contribution in [1.29, 1.82) is 5.26 Å². The second kappa shape index (κ2) is 5.85. The normalized spacial score (nSPS) is 10.8. The Hall–Kier alpha value is -3.18. The van der Waals surface area contributed by atoms with Gasteiger partial charge < -0.3 is 5.11 Å². The first-order chi connectivity index (χ1) is 10.0. The Morgan fingerprint density at radius 3 is 2.24 bits per heavy atom. The molecule has 0 fully saturated rings. The van der Waals surface area contributed by atoms with Crippen LogP contribution in [0.2, 0.25) is 0 Å². The third kappa shape index (κ3) is 3.05. The van der Waals surface area contributed by atoms with Gasteiger partial charge in [0, 0.05) is 0 Å². The number of benzene rings is 2. The van der Waals surface area contributed by atoms with E-state index in [1.807, 2.05) is 6.07 Å². The molecule has 21 heavy (non-hydrogen) atoms. The quantitative estimate of drug-likeness (QED) is 0.669. The molecule has 0 atom stereocenters. The van der Waals surface area contributed by atoms with Crippen LogP contribution >= 0.6 is 0 Å². The number of hydrogen-bond acceptors (Lipinski definition) is 2. The first kappa shape index (κ1) is 14.2. The van der Waals surface area contributed by atoms with Gasteiger partial charge in [0.05, 0.1) is 18.2 Å². The minimum atomic E-state index is -1.09. The van der Waals surface area contributed by atoms with Crippen molar-refractivity contribution in [1.82, 2.24) is 0 Å². The van der Waals surface area contributed by atoms with Gasteiger partial charge in [-0.15, -0.1) is 0 Å². The number of nitriles is 1. The molecule has 0 aliphatic carbocycles. The summed E-state index contributed by atoms with van der Waals surface area (Å²) in [7, 11) is 0. The number of aromatic hydroxyl groups is 1. The number of nitrogens with zero attached hydrogens (tertiary/aromatic N) is 2. The molecule has 0 saturated carbocycles.